The summed E-state index contributed by atoms with van der Waals surface area (Å²) in [6.45, 7) is 0.230. The van der Waals surface area contributed by atoms with Crippen LogP contribution in [0.4, 0.5) is 4.39 Å². The minimum atomic E-state index is -0.317. The second kappa shape index (κ2) is 5.95. The van der Waals surface area contributed by atoms with Crippen molar-refractivity contribution >= 4 is 21.8 Å². The molecular weight excluding hydrogens is 343 g/mol. The lowest BCUT2D eigenvalue weighted by molar-refractivity contribution is 0.428. The lowest BCUT2D eigenvalue weighted by Gasteiger charge is -2.09. The normalized spacial score (nSPS) is 11.4. The van der Waals surface area contributed by atoms with Crippen LogP contribution in [0.25, 0.3) is 32.9 Å². The largest absolute Gasteiger partial charge is 0.494 e. The number of H-pyrrole nitrogens is 1. The van der Waals surface area contributed by atoms with Crippen molar-refractivity contribution in [2.24, 2.45) is 0 Å². The molecule has 0 aliphatic rings. The van der Waals surface area contributed by atoms with Gasteiger partial charge in [0, 0.05) is 23.3 Å². The Kier molecular flexibility index (Phi) is 3.43. The van der Waals surface area contributed by atoms with E-state index in [1.54, 1.807) is 41.4 Å². The molecule has 0 unspecified atom stereocenters. The summed E-state index contributed by atoms with van der Waals surface area (Å²) in [4.78, 5) is 4.22. The van der Waals surface area contributed by atoms with E-state index >= 15 is 0 Å². The number of halogens is 1. The van der Waals surface area contributed by atoms with E-state index in [4.69, 9.17) is 0 Å². The summed E-state index contributed by atoms with van der Waals surface area (Å²) in [7, 11) is 0. The van der Waals surface area contributed by atoms with Crippen LogP contribution < -0.4 is 0 Å². The molecule has 5 nitrogen and oxygen atoms in total. The number of aromatic hydroxyl groups is 1. The molecule has 0 aliphatic heterocycles. The predicted octanol–water partition coefficient (Wildman–Crippen LogP) is 4.47. The third-order valence-corrected chi connectivity index (χ3v) is 4.80. The summed E-state index contributed by atoms with van der Waals surface area (Å²) in [5, 5.41) is 19.0. The van der Waals surface area contributed by atoms with E-state index in [-0.39, 0.29) is 18.2 Å². The van der Waals surface area contributed by atoms with Crippen LogP contribution in [0.15, 0.2) is 67.1 Å². The quantitative estimate of drug-likeness (QED) is 0.500. The molecule has 5 aromatic rings. The Morgan fingerprint density at radius 3 is 2.78 bits per heavy atom. The maximum Gasteiger partial charge on any atom is 0.201 e. The van der Waals surface area contributed by atoms with Gasteiger partial charge in [-0.25, -0.2) is 4.39 Å². The van der Waals surface area contributed by atoms with E-state index in [1.807, 2.05) is 24.3 Å². The highest BCUT2D eigenvalue weighted by Gasteiger charge is 2.12. The second-order valence-electron chi connectivity index (χ2n) is 6.50. The lowest BCUT2D eigenvalue weighted by Crippen LogP contribution is -2.00. The Bertz CT molecular complexity index is 1290. The van der Waals surface area contributed by atoms with Gasteiger partial charge in [-0.15, -0.1) is 0 Å². The van der Waals surface area contributed by atoms with Crippen molar-refractivity contribution in [1.29, 1.82) is 0 Å². The van der Waals surface area contributed by atoms with Crippen molar-refractivity contribution in [3.8, 4) is 17.0 Å². The van der Waals surface area contributed by atoms with E-state index in [9.17, 15) is 9.50 Å². The highest BCUT2D eigenvalue weighted by Crippen LogP contribution is 2.28. The SMILES string of the molecule is Oc1c2cccnc2cn1Cc1ccc(-c2ccc3cn[nH]c3c2)cc1F. The van der Waals surface area contributed by atoms with Gasteiger partial charge in [0.2, 0.25) is 5.88 Å². The Hall–Kier alpha value is -3.67. The van der Waals surface area contributed by atoms with Crippen LogP contribution in [0.1, 0.15) is 5.56 Å². The van der Waals surface area contributed by atoms with E-state index in [0.29, 0.717) is 16.5 Å². The molecule has 0 fully saturated rings. The van der Waals surface area contributed by atoms with E-state index in [2.05, 4.69) is 15.2 Å². The highest BCUT2D eigenvalue weighted by molar-refractivity contribution is 5.85. The number of hydrogen-bond acceptors (Lipinski definition) is 3. The molecule has 5 rings (SSSR count). The number of hydrogen-bond donors (Lipinski definition) is 2. The second-order valence-corrected chi connectivity index (χ2v) is 6.50. The van der Waals surface area contributed by atoms with Crippen LogP contribution in [-0.2, 0) is 6.54 Å². The molecule has 3 heterocycles. The molecular formula is C21H15FN4O. The molecule has 0 bridgehead atoms. The average molecular weight is 358 g/mol. The predicted molar refractivity (Wildman–Crippen MR) is 102 cm³/mol. The van der Waals surface area contributed by atoms with E-state index in [1.165, 1.54) is 6.07 Å². The van der Waals surface area contributed by atoms with Crippen molar-refractivity contribution < 1.29 is 9.50 Å². The van der Waals surface area contributed by atoms with Gasteiger partial charge in [-0.1, -0.05) is 24.3 Å². The molecule has 0 saturated carbocycles. The van der Waals surface area contributed by atoms with Gasteiger partial charge in [0.05, 0.1) is 29.2 Å². The van der Waals surface area contributed by atoms with Gasteiger partial charge in [0.1, 0.15) is 5.82 Å². The van der Waals surface area contributed by atoms with Crippen molar-refractivity contribution in [3.63, 3.8) is 0 Å². The number of fused-ring (bicyclic) bond motifs is 2. The van der Waals surface area contributed by atoms with Crippen LogP contribution in [0.3, 0.4) is 0 Å². The summed E-state index contributed by atoms with van der Waals surface area (Å²) >= 11 is 0. The number of nitrogens with one attached hydrogen (secondary N) is 1. The number of aromatic nitrogens is 4. The molecule has 0 atom stereocenters. The van der Waals surface area contributed by atoms with Gasteiger partial charge in [-0.2, -0.15) is 5.10 Å². The van der Waals surface area contributed by atoms with E-state index < -0.39 is 0 Å². The average Bonchev–Trinajstić information content (AvgIpc) is 3.28. The van der Waals surface area contributed by atoms with Gasteiger partial charge in [0.25, 0.3) is 0 Å². The van der Waals surface area contributed by atoms with Gasteiger partial charge >= 0.3 is 0 Å². The zero-order chi connectivity index (χ0) is 18.4. The third kappa shape index (κ3) is 2.62. The van der Waals surface area contributed by atoms with Crippen LogP contribution in [0, 0.1) is 5.82 Å². The molecule has 0 amide bonds. The van der Waals surface area contributed by atoms with Crippen molar-refractivity contribution in [1.82, 2.24) is 19.7 Å². The number of aromatic amines is 1. The number of nitrogens with zero attached hydrogens (tertiary/aromatic N) is 3. The fraction of sp³-hybridized carbons (Fsp3) is 0.0476. The Morgan fingerprint density at radius 2 is 1.93 bits per heavy atom. The topological polar surface area (TPSA) is 66.7 Å². The standard InChI is InChI=1S/C21H15FN4O/c22-18-8-13(14-3-5-15-10-24-25-19(15)9-14)4-6-16(18)11-26-12-20-17(21(26)27)2-1-7-23-20/h1-10,12,27H,11H2,(H,24,25). The Morgan fingerprint density at radius 1 is 1.07 bits per heavy atom. The molecule has 6 heteroatoms. The fourth-order valence-corrected chi connectivity index (χ4v) is 3.35. The Balaban J connectivity index is 1.49. The van der Waals surface area contributed by atoms with Crippen LogP contribution in [-0.4, -0.2) is 24.9 Å². The van der Waals surface area contributed by atoms with Gasteiger partial charge in [-0.3, -0.25) is 10.1 Å². The molecule has 0 aliphatic carbocycles. The van der Waals surface area contributed by atoms with Gasteiger partial charge in [0.15, 0.2) is 0 Å². The maximum atomic E-state index is 14.7. The zero-order valence-corrected chi connectivity index (χ0v) is 14.2. The molecule has 3 aromatic heterocycles. The minimum Gasteiger partial charge on any atom is -0.494 e. The number of pyridine rings is 1. The number of benzene rings is 2. The molecule has 27 heavy (non-hydrogen) atoms. The first kappa shape index (κ1) is 15.6. The number of rotatable bonds is 3. The molecule has 2 aromatic carbocycles. The van der Waals surface area contributed by atoms with Crippen molar-refractivity contribution in [2.75, 3.05) is 0 Å². The fourth-order valence-electron chi connectivity index (χ4n) is 3.35. The molecule has 2 N–H and O–H groups in total. The minimum absolute atomic E-state index is 0.0891. The maximum absolute atomic E-state index is 14.7. The van der Waals surface area contributed by atoms with Crippen LogP contribution in [0.2, 0.25) is 0 Å². The highest BCUT2D eigenvalue weighted by atomic mass is 19.1. The molecule has 0 radical (unpaired) electrons. The van der Waals surface area contributed by atoms with Crippen molar-refractivity contribution in [3.05, 3.63) is 78.5 Å². The first-order chi connectivity index (χ1) is 13.2. The summed E-state index contributed by atoms with van der Waals surface area (Å²) < 4.78 is 16.3. The van der Waals surface area contributed by atoms with Crippen LogP contribution >= 0.6 is 0 Å². The molecule has 0 saturated heterocycles. The molecule has 0 spiro atoms. The first-order valence-electron chi connectivity index (χ1n) is 8.54. The van der Waals surface area contributed by atoms with Crippen LogP contribution in [0.5, 0.6) is 5.88 Å². The summed E-state index contributed by atoms with van der Waals surface area (Å²) in [6.07, 6.45) is 5.15. The van der Waals surface area contributed by atoms with Gasteiger partial charge < -0.3 is 9.67 Å². The van der Waals surface area contributed by atoms with Gasteiger partial charge in [-0.05, 0) is 35.4 Å². The monoisotopic (exact) mass is 358 g/mol. The smallest absolute Gasteiger partial charge is 0.201 e. The summed E-state index contributed by atoms with van der Waals surface area (Å²) in [5.41, 5.74) is 3.79. The summed E-state index contributed by atoms with van der Waals surface area (Å²) in [6, 6.07) is 14.6. The summed E-state index contributed by atoms with van der Waals surface area (Å²) in [5.74, 6) is -0.228. The molecule has 132 valence electrons. The van der Waals surface area contributed by atoms with Crippen molar-refractivity contribution in [2.45, 2.75) is 6.54 Å². The first-order valence-corrected chi connectivity index (χ1v) is 8.54. The van der Waals surface area contributed by atoms with E-state index in [0.717, 1.165) is 22.0 Å². The lowest BCUT2D eigenvalue weighted by atomic mass is 10.0. The third-order valence-electron chi connectivity index (χ3n) is 4.80. The zero-order valence-electron chi connectivity index (χ0n) is 14.2. The Labute approximate surface area is 153 Å².